The highest BCUT2D eigenvalue weighted by Crippen LogP contribution is 2.22. The molecule has 4 nitrogen and oxygen atoms in total. The molecule has 0 radical (unpaired) electrons. The SMILES string of the molecule is CC(C)CNC(=O)c1cc(C(C)(C)C)on1. The second-order valence-electron chi connectivity index (χ2n) is 5.43. The van der Waals surface area contributed by atoms with Gasteiger partial charge in [-0.05, 0) is 5.92 Å². The van der Waals surface area contributed by atoms with Gasteiger partial charge in [0.2, 0.25) is 0 Å². The van der Waals surface area contributed by atoms with Crippen LogP contribution in [0.1, 0.15) is 50.9 Å². The van der Waals surface area contributed by atoms with E-state index in [0.29, 0.717) is 18.2 Å². The topological polar surface area (TPSA) is 55.1 Å². The fourth-order valence-electron chi connectivity index (χ4n) is 1.12. The van der Waals surface area contributed by atoms with E-state index in [4.69, 9.17) is 4.52 Å². The van der Waals surface area contributed by atoms with Gasteiger partial charge in [0.15, 0.2) is 5.69 Å². The summed E-state index contributed by atoms with van der Waals surface area (Å²) in [4.78, 5) is 11.7. The van der Waals surface area contributed by atoms with Gasteiger partial charge < -0.3 is 9.84 Å². The number of aromatic nitrogens is 1. The lowest BCUT2D eigenvalue weighted by Gasteiger charge is -2.12. The Balaban J connectivity index is 2.67. The van der Waals surface area contributed by atoms with E-state index in [2.05, 4.69) is 10.5 Å². The lowest BCUT2D eigenvalue weighted by molar-refractivity contribution is 0.0939. The fourth-order valence-corrected chi connectivity index (χ4v) is 1.12. The lowest BCUT2D eigenvalue weighted by Crippen LogP contribution is -2.27. The van der Waals surface area contributed by atoms with Gasteiger partial charge in [0, 0.05) is 18.0 Å². The number of carbonyl (C=O) groups excluding carboxylic acids is 1. The molecule has 0 fully saturated rings. The zero-order valence-electron chi connectivity index (χ0n) is 10.6. The number of rotatable bonds is 3. The zero-order chi connectivity index (χ0) is 12.3. The molecule has 1 aromatic rings. The van der Waals surface area contributed by atoms with Gasteiger partial charge in [-0.3, -0.25) is 4.79 Å². The van der Waals surface area contributed by atoms with Gasteiger partial charge in [0.05, 0.1) is 0 Å². The van der Waals surface area contributed by atoms with Crippen molar-refractivity contribution >= 4 is 5.91 Å². The summed E-state index contributed by atoms with van der Waals surface area (Å²) in [6, 6.07) is 1.70. The number of hydrogen-bond donors (Lipinski definition) is 1. The predicted molar refractivity (Wildman–Crippen MR) is 62.4 cm³/mol. The largest absolute Gasteiger partial charge is 0.360 e. The summed E-state index contributed by atoms with van der Waals surface area (Å²) in [6.45, 7) is 10.8. The summed E-state index contributed by atoms with van der Waals surface area (Å²) in [5, 5.41) is 6.58. The third kappa shape index (κ3) is 3.36. The maximum absolute atomic E-state index is 11.7. The van der Waals surface area contributed by atoms with E-state index < -0.39 is 0 Å². The number of hydrogen-bond acceptors (Lipinski definition) is 3. The molecule has 1 N–H and O–H groups in total. The van der Waals surface area contributed by atoms with Crippen molar-refractivity contribution in [3.05, 3.63) is 17.5 Å². The van der Waals surface area contributed by atoms with Crippen LogP contribution in [0.5, 0.6) is 0 Å². The summed E-state index contributed by atoms with van der Waals surface area (Å²) in [6.07, 6.45) is 0. The summed E-state index contributed by atoms with van der Waals surface area (Å²) >= 11 is 0. The predicted octanol–water partition coefficient (Wildman–Crippen LogP) is 2.36. The standard InChI is InChI=1S/C12H20N2O2/c1-8(2)7-13-11(15)9-6-10(16-14-9)12(3,4)5/h6,8H,7H2,1-5H3,(H,13,15). The zero-order valence-corrected chi connectivity index (χ0v) is 10.6. The van der Waals surface area contributed by atoms with Crippen molar-refractivity contribution in [3.63, 3.8) is 0 Å². The molecule has 0 spiro atoms. The molecule has 1 heterocycles. The Morgan fingerprint density at radius 1 is 1.50 bits per heavy atom. The minimum absolute atomic E-state index is 0.121. The van der Waals surface area contributed by atoms with Gasteiger partial charge in [0.25, 0.3) is 5.91 Å². The van der Waals surface area contributed by atoms with Crippen molar-refractivity contribution < 1.29 is 9.32 Å². The van der Waals surface area contributed by atoms with E-state index in [1.54, 1.807) is 6.07 Å². The van der Waals surface area contributed by atoms with Gasteiger partial charge >= 0.3 is 0 Å². The Morgan fingerprint density at radius 3 is 2.56 bits per heavy atom. The summed E-state index contributed by atoms with van der Waals surface area (Å²) < 4.78 is 5.15. The van der Waals surface area contributed by atoms with Crippen LogP contribution in [-0.4, -0.2) is 17.6 Å². The van der Waals surface area contributed by atoms with Gasteiger partial charge in [-0.1, -0.05) is 39.8 Å². The maximum Gasteiger partial charge on any atom is 0.273 e. The van der Waals surface area contributed by atoms with E-state index >= 15 is 0 Å². The van der Waals surface area contributed by atoms with Crippen LogP contribution in [0.25, 0.3) is 0 Å². The third-order valence-electron chi connectivity index (χ3n) is 2.15. The van der Waals surface area contributed by atoms with Crippen LogP contribution >= 0.6 is 0 Å². The van der Waals surface area contributed by atoms with Crippen molar-refractivity contribution in [1.82, 2.24) is 10.5 Å². The Labute approximate surface area is 96.4 Å². The maximum atomic E-state index is 11.7. The van der Waals surface area contributed by atoms with Crippen molar-refractivity contribution in [2.45, 2.75) is 40.0 Å². The Hall–Kier alpha value is -1.32. The van der Waals surface area contributed by atoms with E-state index in [0.717, 1.165) is 5.76 Å². The van der Waals surface area contributed by atoms with Crippen LogP contribution in [0.2, 0.25) is 0 Å². The molecule has 16 heavy (non-hydrogen) atoms. The molecule has 0 unspecified atom stereocenters. The molecule has 4 heteroatoms. The highest BCUT2D eigenvalue weighted by Gasteiger charge is 2.21. The van der Waals surface area contributed by atoms with Crippen molar-refractivity contribution in [1.29, 1.82) is 0 Å². The highest BCUT2D eigenvalue weighted by atomic mass is 16.5. The molecule has 0 atom stereocenters. The number of carbonyl (C=O) groups is 1. The first-order valence-electron chi connectivity index (χ1n) is 5.56. The Bertz CT molecular complexity index is 361. The molecule has 0 saturated carbocycles. The average Bonchev–Trinajstić information content (AvgIpc) is 2.61. The van der Waals surface area contributed by atoms with Crippen molar-refractivity contribution in [2.24, 2.45) is 5.92 Å². The first-order chi connectivity index (χ1) is 7.30. The quantitative estimate of drug-likeness (QED) is 0.857. The molecule has 0 saturated heterocycles. The van der Waals surface area contributed by atoms with Crippen LogP contribution in [0.4, 0.5) is 0 Å². The first-order valence-corrected chi connectivity index (χ1v) is 5.56. The number of nitrogens with zero attached hydrogens (tertiary/aromatic N) is 1. The van der Waals surface area contributed by atoms with Crippen LogP contribution in [-0.2, 0) is 5.41 Å². The molecule has 1 aromatic heterocycles. The molecule has 0 aliphatic carbocycles. The number of amides is 1. The molecule has 0 bridgehead atoms. The van der Waals surface area contributed by atoms with Crippen LogP contribution < -0.4 is 5.32 Å². The fraction of sp³-hybridized carbons (Fsp3) is 0.667. The molecule has 0 aliphatic rings. The van der Waals surface area contributed by atoms with Crippen molar-refractivity contribution in [3.8, 4) is 0 Å². The average molecular weight is 224 g/mol. The minimum Gasteiger partial charge on any atom is -0.360 e. The minimum atomic E-state index is -0.173. The summed E-state index contributed by atoms with van der Waals surface area (Å²) in [7, 11) is 0. The van der Waals surface area contributed by atoms with Crippen molar-refractivity contribution in [2.75, 3.05) is 6.54 Å². The second kappa shape index (κ2) is 4.68. The normalized spacial score (nSPS) is 11.9. The van der Waals surface area contributed by atoms with Gasteiger partial charge in [0.1, 0.15) is 5.76 Å². The van der Waals surface area contributed by atoms with Crippen LogP contribution in [0, 0.1) is 5.92 Å². The van der Waals surface area contributed by atoms with Gasteiger partial charge in [-0.25, -0.2) is 0 Å². The summed E-state index contributed by atoms with van der Waals surface area (Å²) in [5.74, 6) is 0.980. The molecule has 1 rings (SSSR count). The first kappa shape index (κ1) is 12.7. The molecule has 0 aromatic carbocycles. The van der Waals surface area contributed by atoms with Crippen LogP contribution in [0.15, 0.2) is 10.6 Å². The molecule has 1 amide bonds. The summed E-state index contributed by atoms with van der Waals surface area (Å²) in [5.41, 5.74) is 0.231. The lowest BCUT2D eigenvalue weighted by atomic mass is 9.93. The Morgan fingerprint density at radius 2 is 2.12 bits per heavy atom. The molecule has 0 aliphatic heterocycles. The van der Waals surface area contributed by atoms with Crippen LogP contribution in [0.3, 0.4) is 0 Å². The smallest absolute Gasteiger partial charge is 0.273 e. The van der Waals surface area contributed by atoms with Gasteiger partial charge in [-0.15, -0.1) is 0 Å². The van der Waals surface area contributed by atoms with E-state index in [1.165, 1.54) is 0 Å². The third-order valence-corrected chi connectivity index (χ3v) is 2.15. The molecular formula is C12H20N2O2. The highest BCUT2D eigenvalue weighted by molar-refractivity contribution is 5.92. The number of nitrogens with one attached hydrogen (secondary N) is 1. The monoisotopic (exact) mass is 224 g/mol. The van der Waals surface area contributed by atoms with E-state index in [9.17, 15) is 4.79 Å². The second-order valence-corrected chi connectivity index (χ2v) is 5.43. The molecule has 90 valence electrons. The Kier molecular flexibility index (Phi) is 3.73. The van der Waals surface area contributed by atoms with E-state index in [-0.39, 0.29) is 11.3 Å². The molecular weight excluding hydrogens is 204 g/mol. The van der Waals surface area contributed by atoms with Gasteiger partial charge in [-0.2, -0.15) is 0 Å². The van der Waals surface area contributed by atoms with E-state index in [1.807, 2.05) is 34.6 Å².